The van der Waals surface area contributed by atoms with E-state index in [0.717, 1.165) is 38.5 Å². The van der Waals surface area contributed by atoms with Crippen LogP contribution in [0.25, 0.3) is 0 Å². The van der Waals surface area contributed by atoms with Crippen molar-refractivity contribution < 1.29 is 30.0 Å². The molecular formula is C36H71NO6. The highest BCUT2D eigenvalue weighted by Gasteiger charge is 2.46. The van der Waals surface area contributed by atoms with E-state index in [4.69, 9.17) is 4.74 Å². The third kappa shape index (κ3) is 18.7. The van der Waals surface area contributed by atoms with Gasteiger partial charge in [-0.05, 0) is 12.8 Å². The zero-order chi connectivity index (χ0) is 31.5. The maximum atomic E-state index is 13.3. The number of rotatable bonds is 29. The van der Waals surface area contributed by atoms with Crippen molar-refractivity contribution in [2.75, 3.05) is 13.2 Å². The first-order valence-electron chi connectivity index (χ1n) is 18.6. The van der Waals surface area contributed by atoms with Crippen molar-refractivity contribution in [1.82, 2.24) is 4.90 Å². The van der Waals surface area contributed by atoms with Crippen molar-refractivity contribution in [2.24, 2.45) is 0 Å². The quantitative estimate of drug-likeness (QED) is 0.0641. The van der Waals surface area contributed by atoms with E-state index < -0.39 is 37.3 Å². The molecule has 0 aromatic carbocycles. The number of unbranched alkanes of at least 4 members (excludes halogenated alkanes) is 23. The molecular weight excluding hydrogens is 542 g/mol. The molecule has 1 fully saturated rings. The Kier molecular flexibility index (Phi) is 25.8. The van der Waals surface area contributed by atoms with Crippen molar-refractivity contribution in [3.63, 3.8) is 0 Å². The lowest BCUT2D eigenvalue weighted by molar-refractivity contribution is -0.262. The lowest BCUT2D eigenvalue weighted by atomic mass is 9.97. The molecule has 1 saturated heterocycles. The zero-order valence-corrected chi connectivity index (χ0v) is 28.2. The second kappa shape index (κ2) is 27.6. The van der Waals surface area contributed by atoms with E-state index in [0.29, 0.717) is 13.0 Å². The predicted molar refractivity (Wildman–Crippen MR) is 177 cm³/mol. The number of aliphatic hydroxyl groups is 4. The molecule has 0 aromatic heterocycles. The Morgan fingerprint density at radius 1 is 0.535 bits per heavy atom. The summed E-state index contributed by atoms with van der Waals surface area (Å²) in [5, 5.41) is 40.9. The number of carbonyl (C=O) groups is 1. The molecule has 0 saturated carbocycles. The Bertz CT molecular complexity index is 633. The molecule has 43 heavy (non-hydrogen) atoms. The fraction of sp³-hybridized carbons (Fsp3) is 0.972. The standard InChI is InChI=1S/C36H71NO6/c1-3-5-7-9-11-13-15-16-17-18-19-20-22-24-26-28-32(39)37(29-27-25-23-21-14-12-10-8-6-4-2)36-35(42)34(41)33(40)31(30-38)43-36/h31,33-36,38,40-42H,3-30H2,1-2H3/t31-,33-,34+,35+,36?/m1/s1. The molecule has 0 aliphatic carbocycles. The van der Waals surface area contributed by atoms with Crippen molar-refractivity contribution >= 4 is 5.91 Å². The van der Waals surface area contributed by atoms with Crippen LogP contribution in [0.3, 0.4) is 0 Å². The van der Waals surface area contributed by atoms with Crippen molar-refractivity contribution in [2.45, 2.75) is 211 Å². The van der Waals surface area contributed by atoms with E-state index in [1.165, 1.54) is 122 Å². The highest BCUT2D eigenvalue weighted by Crippen LogP contribution is 2.25. The molecule has 256 valence electrons. The van der Waals surface area contributed by atoms with Gasteiger partial charge in [0, 0.05) is 13.0 Å². The summed E-state index contributed by atoms with van der Waals surface area (Å²) < 4.78 is 5.78. The summed E-state index contributed by atoms with van der Waals surface area (Å²) >= 11 is 0. The Hall–Kier alpha value is -0.730. The average molecular weight is 614 g/mol. The second-order valence-electron chi connectivity index (χ2n) is 13.2. The first-order chi connectivity index (χ1) is 21.0. The predicted octanol–water partition coefficient (Wildman–Crippen LogP) is 7.80. The number of nitrogens with zero attached hydrogens (tertiary/aromatic N) is 1. The van der Waals surface area contributed by atoms with Gasteiger partial charge >= 0.3 is 0 Å². The summed E-state index contributed by atoms with van der Waals surface area (Å²) in [6.07, 6.45) is 24.9. The summed E-state index contributed by atoms with van der Waals surface area (Å²) in [7, 11) is 0. The topological polar surface area (TPSA) is 110 Å². The van der Waals surface area contributed by atoms with E-state index in [1.807, 2.05) is 0 Å². The van der Waals surface area contributed by atoms with Crippen LogP contribution in [-0.4, -0.2) is 75.0 Å². The fourth-order valence-electron chi connectivity index (χ4n) is 6.29. The van der Waals surface area contributed by atoms with Gasteiger partial charge in [-0.3, -0.25) is 4.79 Å². The van der Waals surface area contributed by atoms with Crippen molar-refractivity contribution in [3.8, 4) is 0 Å². The number of carbonyl (C=O) groups excluding carboxylic acids is 1. The van der Waals surface area contributed by atoms with Gasteiger partial charge in [0.25, 0.3) is 0 Å². The molecule has 0 radical (unpaired) electrons. The van der Waals surface area contributed by atoms with Crippen LogP contribution >= 0.6 is 0 Å². The molecule has 0 aromatic rings. The Morgan fingerprint density at radius 2 is 0.907 bits per heavy atom. The summed E-state index contributed by atoms with van der Waals surface area (Å²) in [4.78, 5) is 14.9. The minimum atomic E-state index is -1.47. The van der Waals surface area contributed by atoms with Crippen molar-refractivity contribution in [1.29, 1.82) is 0 Å². The first kappa shape index (κ1) is 40.3. The van der Waals surface area contributed by atoms with Gasteiger partial charge in [-0.1, -0.05) is 162 Å². The monoisotopic (exact) mass is 614 g/mol. The largest absolute Gasteiger partial charge is 0.394 e. The zero-order valence-electron chi connectivity index (χ0n) is 28.2. The van der Waals surface area contributed by atoms with E-state index in [-0.39, 0.29) is 5.91 Å². The summed E-state index contributed by atoms with van der Waals surface area (Å²) in [5.41, 5.74) is 0. The third-order valence-electron chi connectivity index (χ3n) is 9.24. The van der Waals surface area contributed by atoms with Crippen LogP contribution in [0.2, 0.25) is 0 Å². The maximum absolute atomic E-state index is 13.3. The van der Waals surface area contributed by atoms with Gasteiger partial charge in [-0.25, -0.2) is 0 Å². The van der Waals surface area contributed by atoms with E-state index in [2.05, 4.69) is 13.8 Å². The second-order valence-corrected chi connectivity index (χ2v) is 13.2. The maximum Gasteiger partial charge on any atom is 0.224 e. The van der Waals surface area contributed by atoms with Crippen LogP contribution in [0, 0.1) is 0 Å². The number of aliphatic hydroxyl groups excluding tert-OH is 4. The molecule has 7 nitrogen and oxygen atoms in total. The Morgan fingerprint density at radius 3 is 1.30 bits per heavy atom. The minimum absolute atomic E-state index is 0.0880. The van der Waals surface area contributed by atoms with Gasteiger partial charge in [-0.2, -0.15) is 0 Å². The van der Waals surface area contributed by atoms with Crippen molar-refractivity contribution in [3.05, 3.63) is 0 Å². The summed E-state index contributed by atoms with van der Waals surface area (Å²) in [6.45, 7) is 4.46. The average Bonchev–Trinajstić information content (AvgIpc) is 3.01. The first-order valence-corrected chi connectivity index (χ1v) is 18.6. The summed E-state index contributed by atoms with van der Waals surface area (Å²) in [5.74, 6) is -0.0880. The van der Waals surface area contributed by atoms with Gasteiger partial charge in [0.05, 0.1) is 6.61 Å². The van der Waals surface area contributed by atoms with Gasteiger partial charge in [0.15, 0.2) is 6.23 Å². The normalized spacial score (nSPS) is 22.2. The van der Waals surface area contributed by atoms with E-state index in [9.17, 15) is 25.2 Å². The van der Waals surface area contributed by atoms with Gasteiger partial charge in [0.2, 0.25) is 5.91 Å². The molecule has 0 spiro atoms. The number of ether oxygens (including phenoxy) is 1. The molecule has 1 unspecified atom stereocenters. The summed E-state index contributed by atoms with van der Waals surface area (Å²) in [6, 6.07) is 0. The molecule has 4 N–H and O–H groups in total. The highest BCUT2D eigenvalue weighted by molar-refractivity contribution is 5.76. The number of amides is 1. The number of hydrogen-bond acceptors (Lipinski definition) is 6. The van der Waals surface area contributed by atoms with E-state index >= 15 is 0 Å². The molecule has 7 heteroatoms. The minimum Gasteiger partial charge on any atom is -0.394 e. The smallest absolute Gasteiger partial charge is 0.224 e. The van der Waals surface area contributed by atoms with Crippen LogP contribution in [0.4, 0.5) is 0 Å². The fourth-order valence-corrected chi connectivity index (χ4v) is 6.29. The SMILES string of the molecule is CCCCCCCCCCCCCCCCCC(=O)N(CCCCCCCCCCCC)C1O[C@H](CO)[C@@H](O)[C@H](O)[C@@H]1O. The molecule has 5 atom stereocenters. The van der Waals surface area contributed by atoms with Gasteiger partial charge in [0.1, 0.15) is 24.4 Å². The van der Waals surface area contributed by atoms with Gasteiger partial charge in [-0.15, -0.1) is 0 Å². The third-order valence-corrected chi connectivity index (χ3v) is 9.24. The van der Waals surface area contributed by atoms with Crippen LogP contribution < -0.4 is 0 Å². The molecule has 1 rings (SSSR count). The molecule has 1 heterocycles. The number of hydrogen-bond donors (Lipinski definition) is 4. The van der Waals surface area contributed by atoms with Gasteiger partial charge < -0.3 is 30.1 Å². The Balaban J connectivity index is 2.34. The lowest BCUT2D eigenvalue weighted by Crippen LogP contribution is -2.64. The molecule has 1 aliphatic heterocycles. The van der Waals surface area contributed by atoms with Crippen LogP contribution in [-0.2, 0) is 9.53 Å². The molecule has 0 bridgehead atoms. The highest BCUT2D eigenvalue weighted by atomic mass is 16.6. The molecule has 1 aliphatic rings. The Labute approximate surface area is 265 Å². The van der Waals surface area contributed by atoms with E-state index in [1.54, 1.807) is 4.90 Å². The lowest BCUT2D eigenvalue weighted by Gasteiger charge is -2.44. The molecule has 1 amide bonds. The van der Waals surface area contributed by atoms with Crippen LogP contribution in [0.15, 0.2) is 0 Å². The van der Waals surface area contributed by atoms with Crippen LogP contribution in [0.1, 0.15) is 181 Å². The van der Waals surface area contributed by atoms with Crippen LogP contribution in [0.5, 0.6) is 0 Å².